The van der Waals surface area contributed by atoms with Gasteiger partial charge in [-0.15, -0.1) is 0 Å². The third kappa shape index (κ3) is 2.32. The van der Waals surface area contributed by atoms with Gasteiger partial charge in [-0.3, -0.25) is 0 Å². The first-order chi connectivity index (χ1) is 6.36. The largest absolute Gasteiger partial charge is 0.212 e. The molecule has 0 N–H and O–H groups in total. The third-order valence-corrected chi connectivity index (χ3v) is 6.35. The zero-order valence-electron chi connectivity index (χ0n) is 7.72. The molecule has 0 unspecified atom stereocenters. The van der Waals surface area contributed by atoms with Crippen molar-refractivity contribution in [2.75, 3.05) is 5.75 Å². The molecule has 13 heavy (non-hydrogen) atoms. The maximum Gasteiger partial charge on any atom is 0.0236 e. The SMILES string of the molecule is C[C](C[SH]1C=CC=C1)[SH]1C=CC=C1. The van der Waals surface area contributed by atoms with Crippen molar-refractivity contribution < 1.29 is 0 Å². The van der Waals surface area contributed by atoms with Gasteiger partial charge >= 0.3 is 0 Å². The van der Waals surface area contributed by atoms with Crippen LogP contribution in [0.4, 0.5) is 0 Å². The van der Waals surface area contributed by atoms with E-state index in [2.05, 4.69) is 52.9 Å². The van der Waals surface area contributed by atoms with Crippen molar-refractivity contribution in [1.29, 1.82) is 0 Å². The van der Waals surface area contributed by atoms with Crippen molar-refractivity contribution in [3.63, 3.8) is 0 Å². The van der Waals surface area contributed by atoms with E-state index in [9.17, 15) is 0 Å². The molecule has 1 radical (unpaired) electrons. The molecule has 2 heteroatoms. The number of hydrogen-bond donors (Lipinski definition) is 2. The zero-order valence-corrected chi connectivity index (χ0v) is 9.51. The molecule has 0 bridgehead atoms. The van der Waals surface area contributed by atoms with Gasteiger partial charge in [0.05, 0.1) is 0 Å². The van der Waals surface area contributed by atoms with Crippen LogP contribution in [-0.4, -0.2) is 5.75 Å². The number of allylic oxidation sites excluding steroid dienone is 4. The summed E-state index contributed by atoms with van der Waals surface area (Å²) in [5.74, 6) is 1.28. The molecular weight excluding hydrogens is 196 g/mol. The van der Waals surface area contributed by atoms with E-state index >= 15 is 0 Å². The van der Waals surface area contributed by atoms with Crippen LogP contribution in [0, 0.1) is 5.25 Å². The van der Waals surface area contributed by atoms with Gasteiger partial charge in [-0.2, -0.15) is 0 Å². The molecule has 2 aliphatic rings. The molecule has 0 atom stereocenters. The minimum Gasteiger partial charge on any atom is -0.212 e. The highest BCUT2D eigenvalue weighted by molar-refractivity contribution is 8.27. The summed E-state index contributed by atoms with van der Waals surface area (Å²) in [6.45, 7) is 2.30. The lowest BCUT2D eigenvalue weighted by atomic mass is 10.6. The van der Waals surface area contributed by atoms with E-state index in [1.54, 1.807) is 5.25 Å². The molecule has 0 spiro atoms. The molecule has 2 aliphatic heterocycles. The first-order valence-electron chi connectivity index (χ1n) is 4.43. The van der Waals surface area contributed by atoms with Crippen molar-refractivity contribution in [1.82, 2.24) is 0 Å². The Morgan fingerprint density at radius 2 is 1.46 bits per heavy atom. The maximum atomic E-state index is 2.34. The van der Waals surface area contributed by atoms with Crippen LogP contribution in [0.5, 0.6) is 0 Å². The van der Waals surface area contributed by atoms with E-state index in [0.29, 0.717) is 0 Å². The van der Waals surface area contributed by atoms with Crippen LogP contribution in [0.2, 0.25) is 0 Å². The Labute approximate surface area is 85.8 Å². The molecule has 0 saturated carbocycles. The summed E-state index contributed by atoms with van der Waals surface area (Å²) in [5, 5.41) is 11.0. The van der Waals surface area contributed by atoms with Crippen LogP contribution in [0.3, 0.4) is 0 Å². The molecule has 0 aromatic rings. The molecule has 71 valence electrons. The van der Waals surface area contributed by atoms with Crippen LogP contribution in [-0.2, 0) is 0 Å². The van der Waals surface area contributed by atoms with E-state index in [1.807, 2.05) is 0 Å². The zero-order chi connectivity index (χ0) is 9.10. The predicted molar refractivity (Wildman–Crippen MR) is 68.3 cm³/mol. The first kappa shape index (κ1) is 9.22. The molecule has 0 aromatic carbocycles. The summed E-state index contributed by atoms with van der Waals surface area (Å²) in [4.78, 5) is 0. The van der Waals surface area contributed by atoms with E-state index in [0.717, 1.165) is 0 Å². The first-order valence-corrected chi connectivity index (χ1v) is 7.57. The molecule has 2 rings (SSSR count). The van der Waals surface area contributed by atoms with Crippen LogP contribution >= 0.6 is 21.8 Å². The highest BCUT2D eigenvalue weighted by atomic mass is 32.2. The van der Waals surface area contributed by atoms with E-state index in [4.69, 9.17) is 0 Å². The van der Waals surface area contributed by atoms with Gasteiger partial charge in [0.1, 0.15) is 0 Å². The molecule has 0 amide bonds. The Balaban J connectivity index is 1.87. The lowest BCUT2D eigenvalue weighted by Crippen LogP contribution is -1.94. The normalized spacial score (nSPS) is 24.2. The standard InChI is InChI=1S/C11H15S2/c1-11(13-8-4-5-9-13)10-12-6-2-3-7-12/h2-9,12-13H,10H2,1H3. The fourth-order valence-corrected chi connectivity index (χ4v) is 5.21. The smallest absolute Gasteiger partial charge is 0.0236 e. The molecule has 0 aliphatic carbocycles. The highest BCUT2D eigenvalue weighted by Gasteiger charge is 2.13. The molecule has 0 saturated heterocycles. The van der Waals surface area contributed by atoms with Gasteiger partial charge in [0, 0.05) is 5.25 Å². The Hall–Kier alpha value is -0.340. The minimum atomic E-state index is -0.0185. The van der Waals surface area contributed by atoms with Crippen molar-refractivity contribution in [3.05, 3.63) is 51.2 Å². The van der Waals surface area contributed by atoms with E-state index < -0.39 is 0 Å². The average Bonchev–Trinajstić information content (AvgIpc) is 2.74. The lowest BCUT2D eigenvalue weighted by molar-refractivity contribution is 1.35. The van der Waals surface area contributed by atoms with Gasteiger partial charge in [0.25, 0.3) is 0 Å². The summed E-state index contributed by atoms with van der Waals surface area (Å²) in [6.07, 6.45) is 8.69. The van der Waals surface area contributed by atoms with Crippen molar-refractivity contribution in [3.8, 4) is 0 Å². The Morgan fingerprint density at radius 1 is 0.923 bits per heavy atom. The van der Waals surface area contributed by atoms with Crippen molar-refractivity contribution in [2.24, 2.45) is 0 Å². The summed E-state index contributed by atoms with van der Waals surface area (Å²) in [6, 6.07) is 0. The van der Waals surface area contributed by atoms with Gasteiger partial charge < -0.3 is 0 Å². The monoisotopic (exact) mass is 211 g/mol. The predicted octanol–water partition coefficient (Wildman–Crippen LogP) is 3.62. The minimum absolute atomic E-state index is 0.0185. The summed E-state index contributed by atoms with van der Waals surface area (Å²) >= 11 is 0. The van der Waals surface area contributed by atoms with Crippen molar-refractivity contribution >= 4 is 21.8 Å². The van der Waals surface area contributed by atoms with Gasteiger partial charge in [-0.25, -0.2) is 21.8 Å². The summed E-state index contributed by atoms with van der Waals surface area (Å²) < 4.78 is 0. The maximum absolute atomic E-state index is 2.34. The average molecular weight is 211 g/mol. The van der Waals surface area contributed by atoms with E-state index in [1.165, 1.54) is 5.75 Å². The number of rotatable bonds is 3. The van der Waals surface area contributed by atoms with Crippen LogP contribution < -0.4 is 0 Å². The fourth-order valence-electron chi connectivity index (χ4n) is 1.41. The van der Waals surface area contributed by atoms with Gasteiger partial charge in [0.15, 0.2) is 0 Å². The number of hydrogen-bond acceptors (Lipinski definition) is 0. The summed E-state index contributed by atoms with van der Waals surface area (Å²) in [5.41, 5.74) is 0. The van der Waals surface area contributed by atoms with Crippen LogP contribution in [0.25, 0.3) is 0 Å². The third-order valence-electron chi connectivity index (χ3n) is 2.12. The molecule has 0 fully saturated rings. The topological polar surface area (TPSA) is 0 Å². The van der Waals surface area contributed by atoms with Gasteiger partial charge in [-0.1, -0.05) is 24.3 Å². The Kier molecular flexibility index (Phi) is 3.01. The van der Waals surface area contributed by atoms with E-state index in [-0.39, 0.29) is 21.8 Å². The van der Waals surface area contributed by atoms with Crippen molar-refractivity contribution in [2.45, 2.75) is 6.92 Å². The molecular formula is C11H15S2. The second-order valence-electron chi connectivity index (χ2n) is 3.18. The second-order valence-corrected chi connectivity index (χ2v) is 7.30. The second kappa shape index (κ2) is 4.25. The lowest BCUT2D eigenvalue weighted by Gasteiger charge is -2.22. The number of thiol groups is 2. The fraction of sp³-hybridized carbons (Fsp3) is 0.182. The Bertz CT molecular complexity index is 262. The molecule has 0 nitrogen and oxygen atoms in total. The molecule has 2 heterocycles. The summed E-state index contributed by atoms with van der Waals surface area (Å²) in [7, 11) is 0.0311. The van der Waals surface area contributed by atoms with Crippen LogP contribution in [0.15, 0.2) is 45.9 Å². The quantitative estimate of drug-likeness (QED) is 0.654. The molecule has 0 aromatic heterocycles. The van der Waals surface area contributed by atoms with Gasteiger partial charge in [-0.05, 0) is 34.3 Å². The van der Waals surface area contributed by atoms with Gasteiger partial charge in [0.2, 0.25) is 0 Å². The Morgan fingerprint density at radius 3 is 2.08 bits per heavy atom. The van der Waals surface area contributed by atoms with Crippen LogP contribution in [0.1, 0.15) is 6.92 Å². The highest BCUT2D eigenvalue weighted by Crippen LogP contribution is 2.48.